The molecular weight excluding hydrogens is 256 g/mol. The Bertz CT molecular complexity index is 446. The molecule has 0 bridgehead atoms. The highest BCUT2D eigenvalue weighted by Gasteiger charge is 2.06. The molecule has 0 saturated heterocycles. The van der Waals surface area contributed by atoms with E-state index < -0.39 is 5.97 Å². The second kappa shape index (κ2) is 9.09. The largest absolute Gasteiger partial charge is 0.481 e. The van der Waals surface area contributed by atoms with Crippen molar-refractivity contribution in [2.24, 2.45) is 5.73 Å². The maximum absolute atomic E-state index is 11.8. The van der Waals surface area contributed by atoms with Crippen LogP contribution < -0.4 is 11.1 Å². The lowest BCUT2D eigenvalue weighted by molar-refractivity contribution is -0.137. The fraction of sp³-hybridized carbons (Fsp3) is 0.467. The lowest BCUT2D eigenvalue weighted by Crippen LogP contribution is -2.26. The number of rotatable bonds is 9. The molecule has 0 heterocycles. The molecule has 5 nitrogen and oxygen atoms in total. The van der Waals surface area contributed by atoms with Crippen LogP contribution in [0.1, 0.15) is 36.8 Å². The first-order chi connectivity index (χ1) is 9.63. The van der Waals surface area contributed by atoms with E-state index in [-0.39, 0.29) is 12.3 Å². The zero-order valence-corrected chi connectivity index (χ0v) is 11.6. The molecule has 1 aromatic carbocycles. The Balaban J connectivity index is 2.22. The first-order valence-electron chi connectivity index (χ1n) is 6.89. The van der Waals surface area contributed by atoms with Crippen molar-refractivity contribution < 1.29 is 14.7 Å². The highest BCUT2D eigenvalue weighted by molar-refractivity contribution is 5.78. The molecule has 0 saturated carbocycles. The predicted octanol–water partition coefficient (Wildman–Crippen LogP) is 1.45. The lowest BCUT2D eigenvalue weighted by Gasteiger charge is -2.08. The molecule has 4 N–H and O–H groups in total. The van der Waals surface area contributed by atoms with Crippen molar-refractivity contribution >= 4 is 11.9 Å². The molecule has 0 aliphatic rings. The number of hydrogen-bond donors (Lipinski definition) is 3. The van der Waals surface area contributed by atoms with E-state index in [4.69, 9.17) is 10.8 Å². The van der Waals surface area contributed by atoms with E-state index in [0.29, 0.717) is 25.9 Å². The Hall–Kier alpha value is -1.88. The summed E-state index contributed by atoms with van der Waals surface area (Å²) in [5.74, 6) is -0.795. The standard InChI is InChI=1S/C15H22N2O3/c16-11-13-7-4-3-6-12(13)10-14(18)17-9-5-1-2-8-15(19)20/h3-4,6-7H,1-2,5,8-11,16H2,(H,17,18)(H,19,20). The SMILES string of the molecule is NCc1ccccc1CC(=O)NCCCCCC(=O)O. The molecule has 0 aliphatic carbocycles. The van der Waals surface area contributed by atoms with Crippen LogP contribution in [-0.2, 0) is 22.6 Å². The van der Waals surface area contributed by atoms with Gasteiger partial charge in [0.2, 0.25) is 5.91 Å². The second-order valence-electron chi connectivity index (χ2n) is 4.70. The zero-order chi connectivity index (χ0) is 14.8. The summed E-state index contributed by atoms with van der Waals surface area (Å²) in [7, 11) is 0. The van der Waals surface area contributed by atoms with Gasteiger partial charge < -0.3 is 16.2 Å². The van der Waals surface area contributed by atoms with Crippen molar-refractivity contribution in [3.8, 4) is 0 Å². The molecule has 0 aromatic heterocycles. The molecule has 0 unspecified atom stereocenters. The molecule has 0 atom stereocenters. The smallest absolute Gasteiger partial charge is 0.303 e. The third kappa shape index (κ3) is 6.33. The van der Waals surface area contributed by atoms with Crippen molar-refractivity contribution in [3.63, 3.8) is 0 Å². The summed E-state index contributed by atoms with van der Waals surface area (Å²) in [5.41, 5.74) is 7.57. The van der Waals surface area contributed by atoms with Gasteiger partial charge in [0.1, 0.15) is 0 Å². The van der Waals surface area contributed by atoms with Crippen molar-refractivity contribution in [2.75, 3.05) is 6.54 Å². The molecule has 1 amide bonds. The lowest BCUT2D eigenvalue weighted by atomic mass is 10.0. The van der Waals surface area contributed by atoms with Crippen LogP contribution in [-0.4, -0.2) is 23.5 Å². The van der Waals surface area contributed by atoms with Gasteiger partial charge in [-0.15, -0.1) is 0 Å². The molecule has 1 rings (SSSR count). The van der Waals surface area contributed by atoms with E-state index in [2.05, 4.69) is 5.32 Å². The third-order valence-electron chi connectivity index (χ3n) is 3.08. The Labute approximate surface area is 119 Å². The van der Waals surface area contributed by atoms with E-state index >= 15 is 0 Å². The molecular formula is C15H22N2O3. The van der Waals surface area contributed by atoms with Crippen LogP contribution in [0.15, 0.2) is 24.3 Å². The van der Waals surface area contributed by atoms with Gasteiger partial charge in [0.15, 0.2) is 0 Å². The molecule has 110 valence electrons. The fourth-order valence-electron chi connectivity index (χ4n) is 1.97. The van der Waals surface area contributed by atoms with Gasteiger partial charge in [-0.1, -0.05) is 30.7 Å². The first-order valence-corrected chi connectivity index (χ1v) is 6.89. The highest BCUT2D eigenvalue weighted by atomic mass is 16.4. The Morgan fingerprint density at radius 1 is 1.10 bits per heavy atom. The molecule has 1 aromatic rings. The van der Waals surface area contributed by atoms with Crippen LogP contribution >= 0.6 is 0 Å². The second-order valence-corrected chi connectivity index (χ2v) is 4.70. The number of aliphatic carboxylic acids is 1. The maximum atomic E-state index is 11.8. The molecule has 0 radical (unpaired) electrons. The van der Waals surface area contributed by atoms with E-state index in [1.165, 1.54) is 0 Å². The van der Waals surface area contributed by atoms with Gasteiger partial charge in [0.05, 0.1) is 6.42 Å². The van der Waals surface area contributed by atoms with Gasteiger partial charge >= 0.3 is 5.97 Å². The number of unbranched alkanes of at least 4 members (excludes halogenated alkanes) is 2. The first kappa shape index (κ1) is 16.2. The number of carbonyl (C=O) groups excluding carboxylic acids is 1. The summed E-state index contributed by atoms with van der Waals surface area (Å²) in [6, 6.07) is 7.64. The van der Waals surface area contributed by atoms with Crippen molar-refractivity contribution in [2.45, 2.75) is 38.6 Å². The molecule has 0 spiro atoms. The Morgan fingerprint density at radius 3 is 2.45 bits per heavy atom. The minimum Gasteiger partial charge on any atom is -0.481 e. The summed E-state index contributed by atoms with van der Waals surface area (Å²) in [4.78, 5) is 22.1. The summed E-state index contributed by atoms with van der Waals surface area (Å²) in [6.45, 7) is 1.02. The van der Waals surface area contributed by atoms with E-state index in [9.17, 15) is 9.59 Å². The van der Waals surface area contributed by atoms with Gasteiger partial charge in [0.25, 0.3) is 0 Å². The molecule has 0 aliphatic heterocycles. The quantitative estimate of drug-likeness (QED) is 0.596. The topological polar surface area (TPSA) is 92.4 Å². The maximum Gasteiger partial charge on any atom is 0.303 e. The highest BCUT2D eigenvalue weighted by Crippen LogP contribution is 2.08. The Kier molecular flexibility index (Phi) is 7.35. The number of carboxylic acids is 1. The average molecular weight is 278 g/mol. The monoisotopic (exact) mass is 278 g/mol. The number of carboxylic acid groups (broad SMARTS) is 1. The van der Waals surface area contributed by atoms with Gasteiger partial charge in [-0.2, -0.15) is 0 Å². The van der Waals surface area contributed by atoms with Gasteiger partial charge in [-0.05, 0) is 24.0 Å². The third-order valence-corrected chi connectivity index (χ3v) is 3.08. The van der Waals surface area contributed by atoms with Gasteiger partial charge in [0, 0.05) is 19.5 Å². The van der Waals surface area contributed by atoms with E-state index in [1.54, 1.807) is 0 Å². The zero-order valence-electron chi connectivity index (χ0n) is 11.6. The number of benzene rings is 1. The summed E-state index contributed by atoms with van der Waals surface area (Å²) >= 11 is 0. The summed E-state index contributed by atoms with van der Waals surface area (Å²) < 4.78 is 0. The number of carbonyl (C=O) groups is 2. The van der Waals surface area contributed by atoms with Crippen molar-refractivity contribution in [3.05, 3.63) is 35.4 Å². The number of nitrogens with two attached hydrogens (primary N) is 1. The van der Waals surface area contributed by atoms with Crippen LogP contribution in [0.2, 0.25) is 0 Å². The summed E-state index contributed by atoms with van der Waals surface area (Å²) in [6.07, 6.45) is 2.80. The number of amides is 1. The van der Waals surface area contributed by atoms with E-state index in [0.717, 1.165) is 24.0 Å². The van der Waals surface area contributed by atoms with Gasteiger partial charge in [-0.25, -0.2) is 0 Å². The average Bonchev–Trinajstić information content (AvgIpc) is 2.43. The van der Waals surface area contributed by atoms with Crippen LogP contribution in [0.3, 0.4) is 0 Å². The van der Waals surface area contributed by atoms with E-state index in [1.807, 2.05) is 24.3 Å². The summed E-state index contributed by atoms with van der Waals surface area (Å²) in [5, 5.41) is 11.3. The van der Waals surface area contributed by atoms with Crippen molar-refractivity contribution in [1.82, 2.24) is 5.32 Å². The predicted molar refractivity (Wildman–Crippen MR) is 77.2 cm³/mol. The minimum atomic E-state index is -0.771. The fourth-order valence-corrected chi connectivity index (χ4v) is 1.97. The number of hydrogen-bond acceptors (Lipinski definition) is 3. The van der Waals surface area contributed by atoms with Crippen LogP contribution in [0.25, 0.3) is 0 Å². The molecule has 5 heteroatoms. The van der Waals surface area contributed by atoms with Gasteiger partial charge in [-0.3, -0.25) is 9.59 Å². The Morgan fingerprint density at radius 2 is 1.80 bits per heavy atom. The van der Waals surface area contributed by atoms with Crippen molar-refractivity contribution in [1.29, 1.82) is 0 Å². The normalized spacial score (nSPS) is 10.2. The van der Waals surface area contributed by atoms with Crippen LogP contribution in [0.4, 0.5) is 0 Å². The molecule has 20 heavy (non-hydrogen) atoms. The van der Waals surface area contributed by atoms with Crippen LogP contribution in [0, 0.1) is 0 Å². The minimum absolute atomic E-state index is 0.0239. The molecule has 0 fully saturated rings. The van der Waals surface area contributed by atoms with Crippen LogP contribution in [0.5, 0.6) is 0 Å². The number of nitrogens with one attached hydrogen (secondary N) is 1.